The van der Waals surface area contributed by atoms with Crippen molar-refractivity contribution in [1.29, 1.82) is 0 Å². The highest BCUT2D eigenvalue weighted by molar-refractivity contribution is 5.85. The first-order valence-electron chi connectivity index (χ1n) is 5.58. The summed E-state index contributed by atoms with van der Waals surface area (Å²) in [6, 6.07) is 0. The Morgan fingerprint density at radius 2 is 1.94 bits per heavy atom. The lowest BCUT2D eigenvalue weighted by Crippen LogP contribution is -2.56. The van der Waals surface area contributed by atoms with Gasteiger partial charge in [0.25, 0.3) is 0 Å². The minimum atomic E-state index is -0.622. The number of rotatable bonds is 5. The topological polar surface area (TPSA) is 114 Å². The Balaban J connectivity index is 2.39. The van der Waals surface area contributed by atoms with Gasteiger partial charge in [0.15, 0.2) is 0 Å². The number of nitrogens with two attached hydrogens (primary N) is 1. The van der Waals surface area contributed by atoms with Crippen LogP contribution in [0.15, 0.2) is 0 Å². The van der Waals surface area contributed by atoms with E-state index in [4.69, 9.17) is 10.5 Å². The largest absolute Gasteiger partial charge is 0.394 e. The molecule has 0 unspecified atom stereocenters. The fourth-order valence-electron chi connectivity index (χ4n) is 1.68. The predicted molar refractivity (Wildman–Crippen MR) is 60.1 cm³/mol. The lowest BCUT2D eigenvalue weighted by molar-refractivity contribution is -0.128. The van der Waals surface area contributed by atoms with Gasteiger partial charge < -0.3 is 26.2 Å². The molecule has 1 aliphatic rings. The number of aliphatic hydroxyl groups excluding tert-OH is 1. The Kier molecular flexibility index (Phi) is 5.33. The zero-order valence-corrected chi connectivity index (χ0v) is 9.70. The molecule has 0 saturated carbocycles. The Morgan fingerprint density at radius 1 is 1.29 bits per heavy atom. The van der Waals surface area contributed by atoms with Crippen molar-refractivity contribution in [1.82, 2.24) is 10.6 Å². The standard InChI is InChI=1S/C10H19N3O4/c11-5-8(15)12-6-9(16)13-10(7-14)1-3-17-4-2-10/h14H,1-7,11H2,(H,12,15)(H,13,16). The Labute approximate surface area is 99.7 Å². The first kappa shape index (κ1) is 13.9. The molecular weight excluding hydrogens is 226 g/mol. The molecule has 98 valence electrons. The number of hydrogen-bond acceptors (Lipinski definition) is 5. The zero-order valence-electron chi connectivity index (χ0n) is 9.70. The fourth-order valence-corrected chi connectivity index (χ4v) is 1.68. The number of carbonyl (C=O) groups excluding carboxylic acids is 2. The summed E-state index contributed by atoms with van der Waals surface area (Å²) < 4.78 is 5.18. The average molecular weight is 245 g/mol. The van der Waals surface area contributed by atoms with Gasteiger partial charge in [0.2, 0.25) is 11.8 Å². The first-order valence-corrected chi connectivity index (χ1v) is 5.58. The van der Waals surface area contributed by atoms with Gasteiger partial charge in [-0.1, -0.05) is 0 Å². The van der Waals surface area contributed by atoms with Crippen molar-refractivity contribution in [2.45, 2.75) is 18.4 Å². The van der Waals surface area contributed by atoms with Crippen molar-refractivity contribution in [3.8, 4) is 0 Å². The summed E-state index contributed by atoms with van der Waals surface area (Å²) in [6.45, 7) is 0.615. The van der Waals surface area contributed by atoms with Gasteiger partial charge >= 0.3 is 0 Å². The van der Waals surface area contributed by atoms with E-state index in [1.807, 2.05) is 0 Å². The second-order valence-corrected chi connectivity index (χ2v) is 4.08. The molecular formula is C10H19N3O4. The van der Waals surface area contributed by atoms with Crippen molar-refractivity contribution in [3.05, 3.63) is 0 Å². The molecule has 0 aliphatic carbocycles. The molecule has 1 fully saturated rings. The molecule has 1 aliphatic heterocycles. The molecule has 0 aromatic heterocycles. The van der Waals surface area contributed by atoms with Gasteiger partial charge in [-0.25, -0.2) is 0 Å². The van der Waals surface area contributed by atoms with Crippen LogP contribution < -0.4 is 16.4 Å². The fraction of sp³-hybridized carbons (Fsp3) is 0.800. The normalized spacial score (nSPS) is 18.5. The van der Waals surface area contributed by atoms with Crippen LogP contribution in [-0.2, 0) is 14.3 Å². The van der Waals surface area contributed by atoms with E-state index >= 15 is 0 Å². The summed E-state index contributed by atoms with van der Waals surface area (Å²) >= 11 is 0. The second kappa shape index (κ2) is 6.53. The summed E-state index contributed by atoms with van der Waals surface area (Å²) in [5.41, 5.74) is 4.47. The molecule has 0 bridgehead atoms. The molecule has 1 saturated heterocycles. The summed E-state index contributed by atoms with van der Waals surface area (Å²) in [5, 5.41) is 14.4. The van der Waals surface area contributed by atoms with Crippen molar-refractivity contribution >= 4 is 11.8 Å². The maximum Gasteiger partial charge on any atom is 0.239 e. The predicted octanol–water partition coefficient (Wildman–Crippen LogP) is -2.28. The monoisotopic (exact) mass is 245 g/mol. The first-order chi connectivity index (χ1) is 8.12. The van der Waals surface area contributed by atoms with Gasteiger partial charge in [-0.2, -0.15) is 0 Å². The van der Waals surface area contributed by atoms with Crippen molar-refractivity contribution in [2.75, 3.05) is 32.9 Å². The summed E-state index contributed by atoms with van der Waals surface area (Å²) in [6.07, 6.45) is 1.14. The molecule has 0 aromatic rings. The van der Waals surface area contributed by atoms with Gasteiger partial charge in [0.05, 0.1) is 25.2 Å². The lowest BCUT2D eigenvalue weighted by atomic mass is 9.91. The summed E-state index contributed by atoms with van der Waals surface area (Å²) in [5.74, 6) is -0.715. The van der Waals surface area contributed by atoms with Crippen LogP contribution in [0.2, 0.25) is 0 Å². The van der Waals surface area contributed by atoms with Crippen LogP contribution in [-0.4, -0.2) is 55.4 Å². The van der Waals surface area contributed by atoms with E-state index in [2.05, 4.69) is 10.6 Å². The zero-order chi connectivity index (χ0) is 12.7. The molecule has 1 heterocycles. The molecule has 7 heteroatoms. The molecule has 17 heavy (non-hydrogen) atoms. The Bertz CT molecular complexity index is 277. The molecule has 0 radical (unpaired) electrons. The highest BCUT2D eigenvalue weighted by atomic mass is 16.5. The van der Waals surface area contributed by atoms with Gasteiger partial charge in [0, 0.05) is 13.2 Å². The quantitative estimate of drug-likeness (QED) is 0.436. The van der Waals surface area contributed by atoms with E-state index in [1.54, 1.807) is 0 Å². The number of ether oxygens (including phenoxy) is 1. The van der Waals surface area contributed by atoms with E-state index in [0.29, 0.717) is 26.1 Å². The number of hydrogen-bond donors (Lipinski definition) is 4. The molecule has 0 atom stereocenters. The van der Waals surface area contributed by atoms with E-state index in [-0.39, 0.29) is 31.5 Å². The third-order valence-corrected chi connectivity index (χ3v) is 2.79. The smallest absolute Gasteiger partial charge is 0.239 e. The van der Waals surface area contributed by atoms with Crippen LogP contribution in [0.1, 0.15) is 12.8 Å². The maximum atomic E-state index is 11.6. The molecule has 5 N–H and O–H groups in total. The lowest BCUT2D eigenvalue weighted by Gasteiger charge is -2.36. The third-order valence-electron chi connectivity index (χ3n) is 2.79. The summed E-state index contributed by atoms with van der Waals surface area (Å²) in [7, 11) is 0. The number of nitrogens with one attached hydrogen (secondary N) is 2. The third kappa shape index (κ3) is 4.29. The molecule has 0 aromatic carbocycles. The highest BCUT2D eigenvalue weighted by Crippen LogP contribution is 2.19. The van der Waals surface area contributed by atoms with E-state index in [0.717, 1.165) is 0 Å². The van der Waals surface area contributed by atoms with Crippen LogP contribution in [0.25, 0.3) is 0 Å². The molecule has 0 spiro atoms. The van der Waals surface area contributed by atoms with Crippen LogP contribution in [0.3, 0.4) is 0 Å². The molecule has 2 amide bonds. The molecule has 7 nitrogen and oxygen atoms in total. The van der Waals surface area contributed by atoms with Gasteiger partial charge in [-0.3, -0.25) is 9.59 Å². The van der Waals surface area contributed by atoms with E-state index in [1.165, 1.54) is 0 Å². The number of aliphatic hydroxyl groups is 1. The van der Waals surface area contributed by atoms with Gasteiger partial charge in [-0.15, -0.1) is 0 Å². The second-order valence-electron chi connectivity index (χ2n) is 4.08. The Hall–Kier alpha value is -1.18. The van der Waals surface area contributed by atoms with Crippen LogP contribution in [0.4, 0.5) is 0 Å². The average Bonchev–Trinajstić information content (AvgIpc) is 2.37. The van der Waals surface area contributed by atoms with Gasteiger partial charge in [-0.05, 0) is 12.8 Å². The summed E-state index contributed by atoms with van der Waals surface area (Å²) in [4.78, 5) is 22.4. The van der Waals surface area contributed by atoms with Gasteiger partial charge in [0.1, 0.15) is 0 Å². The minimum absolute atomic E-state index is 0.126. The highest BCUT2D eigenvalue weighted by Gasteiger charge is 2.33. The van der Waals surface area contributed by atoms with Crippen molar-refractivity contribution in [2.24, 2.45) is 5.73 Å². The van der Waals surface area contributed by atoms with Crippen LogP contribution >= 0.6 is 0 Å². The number of carbonyl (C=O) groups is 2. The van der Waals surface area contributed by atoms with Crippen molar-refractivity contribution in [3.63, 3.8) is 0 Å². The van der Waals surface area contributed by atoms with Crippen molar-refractivity contribution < 1.29 is 19.4 Å². The van der Waals surface area contributed by atoms with E-state index in [9.17, 15) is 14.7 Å². The minimum Gasteiger partial charge on any atom is -0.394 e. The van der Waals surface area contributed by atoms with E-state index < -0.39 is 5.54 Å². The maximum absolute atomic E-state index is 11.6. The Morgan fingerprint density at radius 3 is 2.47 bits per heavy atom. The van der Waals surface area contributed by atoms with Crippen LogP contribution in [0, 0.1) is 0 Å². The molecule has 1 rings (SSSR count). The number of amides is 2. The van der Waals surface area contributed by atoms with Crippen LogP contribution in [0.5, 0.6) is 0 Å². The SMILES string of the molecule is NCC(=O)NCC(=O)NC1(CO)CCOCC1.